The highest BCUT2D eigenvalue weighted by molar-refractivity contribution is 5.79. The number of hydrogen-bond donors (Lipinski definition) is 4. The molecule has 6 rings (SSSR count). The van der Waals surface area contributed by atoms with Crippen LogP contribution in [-0.4, -0.2) is 46.6 Å². The molecule has 1 atom stereocenters. The van der Waals surface area contributed by atoms with E-state index in [4.69, 9.17) is 4.42 Å². The van der Waals surface area contributed by atoms with Crippen molar-refractivity contribution < 1.29 is 9.52 Å². The van der Waals surface area contributed by atoms with Crippen molar-refractivity contribution in [2.24, 2.45) is 0 Å². The van der Waals surface area contributed by atoms with Gasteiger partial charge in [0, 0.05) is 31.2 Å². The summed E-state index contributed by atoms with van der Waals surface area (Å²) in [7, 11) is 0. The van der Waals surface area contributed by atoms with Crippen molar-refractivity contribution in [3.05, 3.63) is 95.2 Å². The first kappa shape index (κ1) is 24.9. The minimum absolute atomic E-state index is 0.153. The summed E-state index contributed by atoms with van der Waals surface area (Å²) < 4.78 is 7.67. The van der Waals surface area contributed by atoms with Crippen molar-refractivity contribution in [3.8, 4) is 22.9 Å². The van der Waals surface area contributed by atoms with Crippen LogP contribution in [-0.2, 0) is 6.54 Å². The Labute approximate surface area is 227 Å². The number of H-pyrrole nitrogens is 1. The first-order valence-corrected chi connectivity index (χ1v) is 12.7. The van der Waals surface area contributed by atoms with Crippen LogP contribution in [0.15, 0.2) is 88.5 Å². The number of nitrogens with one attached hydrogen (secondary N) is 3. The van der Waals surface area contributed by atoms with E-state index in [-0.39, 0.29) is 18.1 Å². The van der Waals surface area contributed by atoms with Gasteiger partial charge in [-0.2, -0.15) is 0 Å². The molecule has 0 aliphatic rings. The highest BCUT2D eigenvalue weighted by Crippen LogP contribution is 2.33. The third-order valence-corrected chi connectivity index (χ3v) is 6.37. The van der Waals surface area contributed by atoms with E-state index in [1.54, 1.807) is 47.5 Å². The number of aliphatic hydroxyl groups excluding tert-OH is 1. The van der Waals surface area contributed by atoms with E-state index in [2.05, 4.69) is 40.9 Å². The third kappa shape index (κ3) is 4.90. The number of benzene rings is 1. The van der Waals surface area contributed by atoms with Crippen LogP contribution < -0.4 is 16.2 Å². The van der Waals surface area contributed by atoms with E-state index in [9.17, 15) is 9.90 Å². The van der Waals surface area contributed by atoms with Gasteiger partial charge in [0.1, 0.15) is 11.6 Å². The Morgan fingerprint density at radius 3 is 2.65 bits per heavy atom. The van der Waals surface area contributed by atoms with E-state index in [1.807, 2.05) is 43.3 Å². The zero-order valence-electron chi connectivity index (χ0n) is 21.4. The summed E-state index contributed by atoms with van der Waals surface area (Å²) >= 11 is 0. The zero-order valence-corrected chi connectivity index (χ0v) is 21.4. The van der Waals surface area contributed by atoms with Crippen LogP contribution in [0.25, 0.3) is 33.9 Å². The second-order valence-corrected chi connectivity index (χ2v) is 8.94. The first-order valence-electron chi connectivity index (χ1n) is 12.7. The molecule has 40 heavy (non-hydrogen) atoms. The van der Waals surface area contributed by atoms with Gasteiger partial charge in [0.25, 0.3) is 11.4 Å². The quantitative estimate of drug-likeness (QED) is 0.212. The molecule has 4 N–H and O–H groups in total. The highest BCUT2D eigenvalue weighted by atomic mass is 16.4. The van der Waals surface area contributed by atoms with Crippen molar-refractivity contribution in [1.82, 2.24) is 34.9 Å². The minimum Gasteiger partial charge on any atom is -0.416 e. The average Bonchev–Trinajstić information content (AvgIpc) is 3.61. The number of rotatable bonds is 9. The number of nitrogens with zero attached hydrogens (tertiary/aromatic N) is 6. The molecule has 0 saturated heterocycles. The molecule has 12 nitrogen and oxygen atoms in total. The van der Waals surface area contributed by atoms with Gasteiger partial charge < -0.3 is 20.2 Å². The molecule has 0 spiro atoms. The molecule has 0 radical (unpaired) electrons. The summed E-state index contributed by atoms with van der Waals surface area (Å²) in [6.07, 6.45) is 4.92. The van der Waals surface area contributed by atoms with Gasteiger partial charge in [0.05, 0.1) is 34.8 Å². The molecule has 0 aliphatic heterocycles. The van der Waals surface area contributed by atoms with Crippen LogP contribution in [0.5, 0.6) is 0 Å². The van der Waals surface area contributed by atoms with Gasteiger partial charge in [-0.1, -0.05) is 30.3 Å². The maximum absolute atomic E-state index is 12.2. The molecule has 0 aliphatic carbocycles. The van der Waals surface area contributed by atoms with Gasteiger partial charge in [0.2, 0.25) is 5.89 Å². The Balaban J connectivity index is 1.38. The maximum Gasteiger partial charge on any atom is 0.273 e. The van der Waals surface area contributed by atoms with Crippen LogP contribution in [0, 0.1) is 0 Å². The number of hydrogen-bond acceptors (Lipinski definition) is 10. The molecule has 1 aromatic carbocycles. The predicted octanol–water partition coefficient (Wildman–Crippen LogP) is 4.14. The van der Waals surface area contributed by atoms with E-state index in [0.29, 0.717) is 51.9 Å². The summed E-state index contributed by atoms with van der Waals surface area (Å²) in [6.45, 7) is 2.35. The van der Waals surface area contributed by atoms with Gasteiger partial charge in [-0.25, -0.2) is 9.97 Å². The standard InChI is InChI=1S/C28H25N9O3/c1-2-37-25-19(26(39)36-37)10-11-23(33-25)32-24-13-21(31-22(16-38)17-7-4-3-5-8-17)20(15-30-24)28-35-34-27(40-28)18-9-6-12-29-14-18/h3-15,22,38H,2,16H2,1H3,(H,36,39)(H2,30,31,32,33)/t22-/m1/s1. The molecule has 0 fully saturated rings. The molecule has 0 bridgehead atoms. The Morgan fingerprint density at radius 1 is 1.02 bits per heavy atom. The van der Waals surface area contributed by atoms with E-state index in [0.717, 1.165) is 5.56 Å². The number of aromatic amines is 1. The summed E-state index contributed by atoms with van der Waals surface area (Å²) in [5, 5.41) is 28.5. The zero-order chi connectivity index (χ0) is 27.5. The largest absolute Gasteiger partial charge is 0.416 e. The van der Waals surface area contributed by atoms with Crippen LogP contribution >= 0.6 is 0 Å². The fraction of sp³-hybridized carbons (Fsp3) is 0.143. The molecule has 6 aromatic rings. The lowest BCUT2D eigenvalue weighted by Gasteiger charge is -2.20. The number of aromatic nitrogens is 7. The Kier molecular flexibility index (Phi) is 6.73. The van der Waals surface area contributed by atoms with Crippen LogP contribution in [0.1, 0.15) is 18.5 Å². The molecular formula is C28H25N9O3. The molecule has 12 heteroatoms. The monoisotopic (exact) mass is 535 g/mol. The molecule has 0 amide bonds. The molecule has 5 heterocycles. The van der Waals surface area contributed by atoms with E-state index in [1.165, 1.54) is 0 Å². The third-order valence-electron chi connectivity index (χ3n) is 6.37. The van der Waals surface area contributed by atoms with Crippen molar-refractivity contribution in [3.63, 3.8) is 0 Å². The molecule has 0 saturated carbocycles. The average molecular weight is 536 g/mol. The van der Waals surface area contributed by atoms with E-state index >= 15 is 0 Å². The lowest BCUT2D eigenvalue weighted by atomic mass is 10.1. The number of aryl methyl sites for hydroxylation is 1. The minimum atomic E-state index is -0.413. The van der Waals surface area contributed by atoms with Gasteiger partial charge in [-0.15, -0.1) is 10.2 Å². The van der Waals surface area contributed by atoms with Gasteiger partial charge in [-0.3, -0.25) is 19.6 Å². The van der Waals surface area contributed by atoms with Crippen molar-refractivity contribution in [2.75, 3.05) is 17.2 Å². The SMILES string of the molecule is CCn1[nH]c(=O)c2ccc(Nc3cc(N[C@H](CO)c4ccccc4)c(-c4nnc(-c5cccnc5)o4)cn3)nc21. The number of aliphatic hydroxyl groups is 1. The summed E-state index contributed by atoms with van der Waals surface area (Å²) in [4.78, 5) is 25.5. The fourth-order valence-corrected chi connectivity index (χ4v) is 4.36. The van der Waals surface area contributed by atoms with Gasteiger partial charge in [-0.05, 0) is 36.8 Å². The van der Waals surface area contributed by atoms with Crippen molar-refractivity contribution in [2.45, 2.75) is 19.5 Å². The first-order chi connectivity index (χ1) is 19.6. The summed E-state index contributed by atoms with van der Waals surface area (Å²) in [6, 6.07) is 18.1. The van der Waals surface area contributed by atoms with Gasteiger partial charge >= 0.3 is 0 Å². The van der Waals surface area contributed by atoms with Crippen LogP contribution in [0.2, 0.25) is 0 Å². The summed E-state index contributed by atoms with van der Waals surface area (Å²) in [5.41, 5.74) is 3.11. The smallest absolute Gasteiger partial charge is 0.273 e. The number of pyridine rings is 3. The van der Waals surface area contributed by atoms with E-state index < -0.39 is 6.04 Å². The van der Waals surface area contributed by atoms with Crippen molar-refractivity contribution >= 4 is 28.4 Å². The Hall–Kier alpha value is -5.36. The Morgan fingerprint density at radius 2 is 1.88 bits per heavy atom. The molecule has 0 unspecified atom stereocenters. The normalized spacial score (nSPS) is 11.9. The molecule has 200 valence electrons. The second kappa shape index (κ2) is 10.8. The molecular weight excluding hydrogens is 510 g/mol. The highest BCUT2D eigenvalue weighted by Gasteiger charge is 2.19. The maximum atomic E-state index is 12.2. The number of anilines is 3. The molecule has 5 aromatic heterocycles. The fourth-order valence-electron chi connectivity index (χ4n) is 4.36. The second-order valence-electron chi connectivity index (χ2n) is 8.94. The van der Waals surface area contributed by atoms with Crippen LogP contribution in [0.4, 0.5) is 17.3 Å². The topological polar surface area (TPSA) is 160 Å². The Bertz CT molecular complexity index is 1810. The van der Waals surface area contributed by atoms with Crippen molar-refractivity contribution in [1.29, 1.82) is 0 Å². The number of fused-ring (bicyclic) bond motifs is 1. The lowest BCUT2D eigenvalue weighted by Crippen LogP contribution is -2.15. The van der Waals surface area contributed by atoms with Crippen LogP contribution in [0.3, 0.4) is 0 Å². The predicted molar refractivity (Wildman–Crippen MR) is 150 cm³/mol. The lowest BCUT2D eigenvalue weighted by molar-refractivity contribution is 0.276. The summed E-state index contributed by atoms with van der Waals surface area (Å²) in [5.74, 6) is 1.57. The van der Waals surface area contributed by atoms with Gasteiger partial charge in [0.15, 0.2) is 5.65 Å².